The zero-order valence-electron chi connectivity index (χ0n) is 21.6. The summed E-state index contributed by atoms with van der Waals surface area (Å²) < 4.78 is 0. The molecule has 0 saturated carbocycles. The monoisotopic (exact) mass is 554 g/mol. The van der Waals surface area contributed by atoms with Crippen molar-refractivity contribution in [3.05, 3.63) is 32.0 Å². The van der Waals surface area contributed by atoms with Crippen LogP contribution < -0.4 is 10.6 Å². The highest BCUT2D eigenvalue weighted by molar-refractivity contribution is 7.99. The SMILES string of the molecule is CC[C@@H]1CCc2c(sc(NC(=O)CCSCCC(=O)Nc3sc4c(c3C#N)CC[C@@H](CC)C4)c2C#N)C1. The molecule has 9 heteroatoms. The number of nitriles is 2. The summed E-state index contributed by atoms with van der Waals surface area (Å²) >= 11 is 4.69. The van der Waals surface area contributed by atoms with Gasteiger partial charge in [0.05, 0.1) is 11.1 Å². The summed E-state index contributed by atoms with van der Waals surface area (Å²) in [4.78, 5) is 27.6. The van der Waals surface area contributed by atoms with Gasteiger partial charge in [-0.15, -0.1) is 22.7 Å². The van der Waals surface area contributed by atoms with Crippen LogP contribution in [-0.2, 0) is 35.3 Å². The first kappa shape index (κ1) is 27.7. The molecular formula is C28H34N4O2S3. The van der Waals surface area contributed by atoms with Crippen LogP contribution in [0.3, 0.4) is 0 Å². The molecule has 4 rings (SSSR count). The zero-order valence-corrected chi connectivity index (χ0v) is 24.0. The highest BCUT2D eigenvalue weighted by Gasteiger charge is 2.27. The molecule has 37 heavy (non-hydrogen) atoms. The molecule has 0 spiro atoms. The number of hydrogen-bond acceptors (Lipinski definition) is 7. The van der Waals surface area contributed by atoms with Crippen LogP contribution in [-0.4, -0.2) is 23.3 Å². The average molecular weight is 555 g/mol. The summed E-state index contributed by atoms with van der Waals surface area (Å²) in [6, 6.07) is 4.61. The minimum absolute atomic E-state index is 0.0905. The molecule has 2 aliphatic carbocycles. The lowest BCUT2D eigenvalue weighted by atomic mass is 9.86. The second-order valence-corrected chi connectivity index (χ2v) is 13.3. The molecule has 0 radical (unpaired) electrons. The molecule has 0 unspecified atom stereocenters. The van der Waals surface area contributed by atoms with Gasteiger partial charge in [-0.05, 0) is 61.5 Å². The topological polar surface area (TPSA) is 106 Å². The van der Waals surface area contributed by atoms with E-state index in [1.54, 1.807) is 34.4 Å². The molecule has 2 heterocycles. The molecule has 196 valence electrons. The van der Waals surface area contributed by atoms with Crippen LogP contribution in [0.4, 0.5) is 10.0 Å². The number of nitrogens with one attached hydrogen (secondary N) is 2. The predicted octanol–water partition coefficient (Wildman–Crippen LogP) is 6.67. The third-order valence-corrected chi connectivity index (χ3v) is 10.9. The molecule has 2 aliphatic rings. The van der Waals surface area contributed by atoms with E-state index in [1.165, 1.54) is 9.75 Å². The minimum atomic E-state index is -0.0905. The van der Waals surface area contributed by atoms with Crippen LogP contribution in [0.5, 0.6) is 0 Å². The Morgan fingerprint density at radius 2 is 1.27 bits per heavy atom. The lowest BCUT2D eigenvalue weighted by Gasteiger charge is -2.20. The maximum absolute atomic E-state index is 12.5. The van der Waals surface area contributed by atoms with Crippen LogP contribution in [0.2, 0.25) is 0 Å². The molecule has 2 atom stereocenters. The number of nitrogens with zero attached hydrogens (tertiary/aromatic N) is 2. The number of thiophene rings is 2. The van der Waals surface area contributed by atoms with Crippen molar-refractivity contribution in [2.75, 3.05) is 22.1 Å². The van der Waals surface area contributed by atoms with Gasteiger partial charge in [0.2, 0.25) is 11.8 Å². The Labute approximate surface area is 231 Å². The van der Waals surface area contributed by atoms with Crippen molar-refractivity contribution in [1.82, 2.24) is 0 Å². The van der Waals surface area contributed by atoms with Gasteiger partial charge >= 0.3 is 0 Å². The van der Waals surface area contributed by atoms with Crippen molar-refractivity contribution in [3.8, 4) is 12.1 Å². The fourth-order valence-corrected chi connectivity index (χ4v) is 8.75. The van der Waals surface area contributed by atoms with Gasteiger partial charge in [0, 0.05) is 34.1 Å². The molecule has 0 aromatic carbocycles. The lowest BCUT2D eigenvalue weighted by Crippen LogP contribution is -2.14. The Morgan fingerprint density at radius 1 is 0.838 bits per heavy atom. The van der Waals surface area contributed by atoms with E-state index in [1.807, 2.05) is 0 Å². The van der Waals surface area contributed by atoms with Crippen molar-refractivity contribution >= 4 is 56.3 Å². The number of rotatable bonds is 10. The predicted molar refractivity (Wildman–Crippen MR) is 153 cm³/mol. The van der Waals surface area contributed by atoms with Crippen LogP contribution in [0.1, 0.15) is 84.4 Å². The highest BCUT2D eigenvalue weighted by Crippen LogP contribution is 2.41. The van der Waals surface area contributed by atoms with Gasteiger partial charge in [-0.1, -0.05) is 26.7 Å². The number of fused-ring (bicyclic) bond motifs is 2. The quantitative estimate of drug-likeness (QED) is 0.319. The maximum Gasteiger partial charge on any atom is 0.225 e. The van der Waals surface area contributed by atoms with Crippen LogP contribution >= 0.6 is 34.4 Å². The van der Waals surface area contributed by atoms with Gasteiger partial charge in [0.15, 0.2) is 0 Å². The van der Waals surface area contributed by atoms with E-state index in [-0.39, 0.29) is 11.8 Å². The van der Waals surface area contributed by atoms with Crippen molar-refractivity contribution in [1.29, 1.82) is 10.5 Å². The van der Waals surface area contributed by atoms with E-state index in [2.05, 4.69) is 36.6 Å². The van der Waals surface area contributed by atoms with Gasteiger partial charge in [0.1, 0.15) is 22.1 Å². The zero-order chi connectivity index (χ0) is 26.4. The Bertz CT molecular complexity index is 1140. The summed E-state index contributed by atoms with van der Waals surface area (Å²) in [5.74, 6) is 2.37. The Hall–Kier alpha value is -2.33. The van der Waals surface area contributed by atoms with Crippen LogP contribution in [0.25, 0.3) is 0 Å². The van der Waals surface area contributed by atoms with Gasteiger partial charge in [-0.2, -0.15) is 22.3 Å². The maximum atomic E-state index is 12.5. The Kier molecular flexibility index (Phi) is 9.70. The molecule has 2 aromatic heterocycles. The molecule has 0 saturated heterocycles. The standard InChI is InChI=1S/C28H34N4O2S3/c1-3-17-5-7-19-21(15-29)27(36-23(19)13-17)31-25(33)9-11-35-12-10-26(34)32-28-22(16-30)20-8-6-18(4-2)14-24(20)37-28/h17-18H,3-14H2,1-2H3,(H,31,33)(H,32,34)/t17-,18-/m1/s1. The third kappa shape index (κ3) is 6.57. The van der Waals surface area contributed by atoms with E-state index < -0.39 is 0 Å². The summed E-state index contributed by atoms with van der Waals surface area (Å²) in [6.45, 7) is 4.41. The van der Waals surface area contributed by atoms with Crippen LogP contribution in [0, 0.1) is 34.5 Å². The normalized spacial score (nSPS) is 18.3. The second kappa shape index (κ2) is 13.0. The molecule has 2 aromatic rings. The molecule has 2 amide bonds. The number of hydrogen-bond donors (Lipinski definition) is 2. The van der Waals surface area contributed by atoms with Crippen molar-refractivity contribution < 1.29 is 9.59 Å². The van der Waals surface area contributed by atoms with Gasteiger partial charge < -0.3 is 10.6 Å². The molecule has 0 aliphatic heterocycles. The van der Waals surface area contributed by atoms with Crippen molar-refractivity contribution in [2.24, 2.45) is 11.8 Å². The molecule has 6 nitrogen and oxygen atoms in total. The highest BCUT2D eigenvalue weighted by atomic mass is 32.2. The van der Waals surface area contributed by atoms with E-state index >= 15 is 0 Å². The fraction of sp³-hybridized carbons (Fsp3) is 0.571. The van der Waals surface area contributed by atoms with Crippen molar-refractivity contribution in [2.45, 2.75) is 78.1 Å². The smallest absolute Gasteiger partial charge is 0.225 e. The van der Waals surface area contributed by atoms with Gasteiger partial charge in [-0.3, -0.25) is 9.59 Å². The van der Waals surface area contributed by atoms with Crippen LogP contribution in [0.15, 0.2) is 0 Å². The molecule has 0 bridgehead atoms. The number of amides is 2. The summed E-state index contributed by atoms with van der Waals surface area (Å²) in [7, 11) is 0. The van der Waals surface area contributed by atoms with E-state index in [4.69, 9.17) is 0 Å². The Balaban J connectivity index is 1.20. The fourth-order valence-electron chi connectivity index (χ4n) is 5.23. The molecule has 2 N–H and O–H groups in total. The number of carbonyl (C=O) groups excluding carboxylic acids is 2. The largest absolute Gasteiger partial charge is 0.317 e. The Morgan fingerprint density at radius 3 is 1.65 bits per heavy atom. The second-order valence-electron chi connectivity index (χ2n) is 9.88. The minimum Gasteiger partial charge on any atom is -0.317 e. The summed E-state index contributed by atoms with van der Waals surface area (Å²) in [5.41, 5.74) is 3.54. The summed E-state index contributed by atoms with van der Waals surface area (Å²) in [5, 5.41) is 26.6. The van der Waals surface area contributed by atoms with Crippen molar-refractivity contribution in [3.63, 3.8) is 0 Å². The molecule has 0 fully saturated rings. The number of carbonyl (C=O) groups is 2. The lowest BCUT2D eigenvalue weighted by molar-refractivity contribution is -0.116. The van der Waals surface area contributed by atoms with E-state index in [0.717, 1.165) is 62.5 Å². The van der Waals surface area contributed by atoms with Gasteiger partial charge in [0.25, 0.3) is 0 Å². The first-order valence-electron chi connectivity index (χ1n) is 13.2. The van der Waals surface area contributed by atoms with E-state index in [9.17, 15) is 20.1 Å². The summed E-state index contributed by atoms with van der Waals surface area (Å²) in [6.07, 6.45) is 9.03. The average Bonchev–Trinajstić information content (AvgIpc) is 3.43. The first-order valence-corrected chi connectivity index (χ1v) is 16.0. The number of anilines is 2. The van der Waals surface area contributed by atoms with Gasteiger partial charge in [-0.25, -0.2) is 0 Å². The molecular weight excluding hydrogens is 521 g/mol. The first-order chi connectivity index (χ1) is 18.0. The van der Waals surface area contributed by atoms with E-state index in [0.29, 0.717) is 57.3 Å². The number of thioether (sulfide) groups is 1. The third-order valence-electron chi connectivity index (χ3n) is 7.57.